The standard InChI is InChI=1S/C18H25N3O2S/c1-5-21(6-2)17(22)15-12(4)19-18(24)20-16(15)13-8-10-14(11-9-13)23-7-3/h8-11,16H,5-7H2,1-4H3,(H2,19,20,24)/t16-/m0/s1. The highest BCUT2D eigenvalue weighted by molar-refractivity contribution is 7.80. The molecular weight excluding hydrogens is 322 g/mol. The SMILES string of the molecule is CCOc1ccc([C@@H]2NC(=S)NC(C)=C2C(=O)N(CC)CC)cc1. The van der Waals surface area contributed by atoms with Crippen LogP contribution in [0.25, 0.3) is 0 Å². The Kier molecular flexibility index (Phi) is 6.20. The zero-order chi connectivity index (χ0) is 17.7. The number of thiocarbonyl (C=S) groups is 1. The van der Waals surface area contributed by atoms with Crippen molar-refractivity contribution in [1.29, 1.82) is 0 Å². The summed E-state index contributed by atoms with van der Waals surface area (Å²) in [4.78, 5) is 14.8. The van der Waals surface area contributed by atoms with E-state index in [9.17, 15) is 4.79 Å². The van der Waals surface area contributed by atoms with Gasteiger partial charge in [0, 0.05) is 18.8 Å². The first-order valence-corrected chi connectivity index (χ1v) is 8.72. The predicted octanol–water partition coefficient (Wildman–Crippen LogP) is 2.75. The lowest BCUT2D eigenvalue weighted by Crippen LogP contribution is -2.47. The summed E-state index contributed by atoms with van der Waals surface area (Å²) in [5.74, 6) is 0.842. The number of likely N-dealkylation sites (N-methyl/N-ethyl adjacent to an activating group) is 1. The maximum absolute atomic E-state index is 13.0. The smallest absolute Gasteiger partial charge is 0.253 e. The molecule has 2 rings (SSSR count). The van der Waals surface area contributed by atoms with Gasteiger partial charge in [0.25, 0.3) is 5.91 Å². The van der Waals surface area contributed by atoms with Crippen LogP contribution in [-0.2, 0) is 4.79 Å². The third kappa shape index (κ3) is 3.87. The molecule has 0 aliphatic carbocycles. The summed E-state index contributed by atoms with van der Waals surface area (Å²) in [5, 5.41) is 6.83. The minimum absolute atomic E-state index is 0.0267. The molecule has 1 aromatic carbocycles. The number of rotatable bonds is 6. The normalized spacial score (nSPS) is 17.2. The molecule has 24 heavy (non-hydrogen) atoms. The van der Waals surface area contributed by atoms with Crippen molar-refractivity contribution in [2.24, 2.45) is 0 Å². The summed E-state index contributed by atoms with van der Waals surface area (Å²) in [5.41, 5.74) is 2.49. The molecule has 1 atom stereocenters. The van der Waals surface area contributed by atoms with Crippen LogP contribution in [0.2, 0.25) is 0 Å². The van der Waals surface area contributed by atoms with E-state index in [1.165, 1.54) is 0 Å². The van der Waals surface area contributed by atoms with Crippen molar-refractivity contribution in [1.82, 2.24) is 15.5 Å². The number of nitrogens with one attached hydrogen (secondary N) is 2. The number of carbonyl (C=O) groups excluding carboxylic acids is 1. The maximum atomic E-state index is 13.0. The summed E-state index contributed by atoms with van der Waals surface area (Å²) < 4.78 is 5.49. The molecule has 0 saturated heterocycles. The second-order valence-electron chi connectivity index (χ2n) is 5.55. The van der Waals surface area contributed by atoms with Crippen LogP contribution >= 0.6 is 12.2 Å². The van der Waals surface area contributed by atoms with Gasteiger partial charge in [-0.2, -0.15) is 0 Å². The zero-order valence-electron chi connectivity index (χ0n) is 14.7. The molecule has 0 saturated carbocycles. The Morgan fingerprint density at radius 1 is 1.21 bits per heavy atom. The van der Waals surface area contributed by atoms with E-state index in [2.05, 4.69) is 10.6 Å². The molecule has 130 valence electrons. The highest BCUT2D eigenvalue weighted by atomic mass is 32.1. The van der Waals surface area contributed by atoms with E-state index in [1.807, 2.05) is 56.9 Å². The highest BCUT2D eigenvalue weighted by Gasteiger charge is 2.31. The topological polar surface area (TPSA) is 53.6 Å². The average Bonchev–Trinajstić information content (AvgIpc) is 2.56. The number of carbonyl (C=O) groups is 1. The monoisotopic (exact) mass is 347 g/mol. The van der Waals surface area contributed by atoms with Crippen LogP contribution in [0.5, 0.6) is 5.75 Å². The van der Waals surface area contributed by atoms with Crippen LogP contribution < -0.4 is 15.4 Å². The molecule has 1 heterocycles. The summed E-state index contributed by atoms with van der Waals surface area (Å²) in [6.45, 7) is 9.78. The van der Waals surface area contributed by atoms with Gasteiger partial charge in [0.1, 0.15) is 5.75 Å². The Labute approximate surface area is 149 Å². The molecule has 0 radical (unpaired) electrons. The number of hydrogen-bond donors (Lipinski definition) is 2. The van der Waals surface area contributed by atoms with Crippen LogP contribution in [0.1, 0.15) is 39.3 Å². The highest BCUT2D eigenvalue weighted by Crippen LogP contribution is 2.29. The fourth-order valence-corrected chi connectivity index (χ4v) is 3.10. The first-order valence-electron chi connectivity index (χ1n) is 8.32. The molecule has 1 amide bonds. The molecule has 6 heteroatoms. The van der Waals surface area contributed by atoms with Crippen molar-refractivity contribution in [3.8, 4) is 5.75 Å². The molecule has 0 bridgehead atoms. The number of nitrogens with zero attached hydrogens (tertiary/aromatic N) is 1. The number of allylic oxidation sites excluding steroid dienone is 1. The number of hydrogen-bond acceptors (Lipinski definition) is 3. The van der Waals surface area contributed by atoms with Crippen LogP contribution in [0, 0.1) is 0 Å². The van der Waals surface area contributed by atoms with Gasteiger partial charge in [-0.05, 0) is 57.6 Å². The Morgan fingerprint density at radius 2 is 1.83 bits per heavy atom. The largest absolute Gasteiger partial charge is 0.494 e. The predicted molar refractivity (Wildman–Crippen MR) is 99.8 cm³/mol. The summed E-state index contributed by atoms with van der Waals surface area (Å²) in [6, 6.07) is 7.52. The quantitative estimate of drug-likeness (QED) is 0.775. The van der Waals surface area contributed by atoms with Crippen molar-refractivity contribution >= 4 is 23.2 Å². The Hall–Kier alpha value is -2.08. The first-order chi connectivity index (χ1) is 11.5. The fraction of sp³-hybridized carbons (Fsp3) is 0.444. The molecule has 2 N–H and O–H groups in total. The van der Waals surface area contributed by atoms with Gasteiger partial charge >= 0.3 is 0 Å². The molecule has 1 aromatic rings. The summed E-state index contributed by atoms with van der Waals surface area (Å²) >= 11 is 5.28. The van der Waals surface area contributed by atoms with E-state index >= 15 is 0 Å². The minimum Gasteiger partial charge on any atom is -0.494 e. The van der Waals surface area contributed by atoms with E-state index in [4.69, 9.17) is 17.0 Å². The zero-order valence-corrected chi connectivity index (χ0v) is 15.5. The van der Waals surface area contributed by atoms with Crippen LogP contribution in [0.4, 0.5) is 0 Å². The lowest BCUT2D eigenvalue weighted by atomic mass is 9.94. The molecule has 5 nitrogen and oxygen atoms in total. The Morgan fingerprint density at radius 3 is 2.38 bits per heavy atom. The summed E-state index contributed by atoms with van der Waals surface area (Å²) in [6.07, 6.45) is 0. The number of amides is 1. The average molecular weight is 347 g/mol. The van der Waals surface area contributed by atoms with Gasteiger partial charge in [-0.25, -0.2) is 0 Å². The van der Waals surface area contributed by atoms with E-state index in [-0.39, 0.29) is 11.9 Å². The Bertz CT molecular complexity index is 636. The molecule has 0 aromatic heterocycles. The second-order valence-corrected chi connectivity index (χ2v) is 5.96. The molecule has 0 unspecified atom stereocenters. The third-order valence-electron chi connectivity index (χ3n) is 4.07. The van der Waals surface area contributed by atoms with Gasteiger partial charge in [-0.1, -0.05) is 12.1 Å². The van der Waals surface area contributed by atoms with Crippen molar-refractivity contribution in [2.75, 3.05) is 19.7 Å². The number of benzene rings is 1. The van der Waals surface area contributed by atoms with E-state index < -0.39 is 0 Å². The van der Waals surface area contributed by atoms with Crippen molar-refractivity contribution in [3.63, 3.8) is 0 Å². The van der Waals surface area contributed by atoms with Gasteiger partial charge in [-0.15, -0.1) is 0 Å². The molecular formula is C18H25N3O2S. The maximum Gasteiger partial charge on any atom is 0.253 e. The van der Waals surface area contributed by atoms with E-state index in [0.717, 1.165) is 17.0 Å². The molecule has 0 spiro atoms. The van der Waals surface area contributed by atoms with Crippen LogP contribution in [-0.4, -0.2) is 35.6 Å². The van der Waals surface area contributed by atoms with Crippen molar-refractivity contribution < 1.29 is 9.53 Å². The lowest BCUT2D eigenvalue weighted by Gasteiger charge is -2.33. The minimum atomic E-state index is -0.262. The lowest BCUT2D eigenvalue weighted by molar-refractivity contribution is -0.127. The Balaban J connectivity index is 2.39. The van der Waals surface area contributed by atoms with Gasteiger partial charge in [-0.3, -0.25) is 4.79 Å². The summed E-state index contributed by atoms with van der Waals surface area (Å²) in [7, 11) is 0. The van der Waals surface area contributed by atoms with Crippen molar-refractivity contribution in [3.05, 3.63) is 41.1 Å². The second kappa shape index (κ2) is 8.15. The van der Waals surface area contributed by atoms with Gasteiger partial charge in [0.05, 0.1) is 18.2 Å². The first kappa shape index (κ1) is 18.3. The molecule has 0 fully saturated rings. The van der Waals surface area contributed by atoms with Gasteiger partial charge < -0.3 is 20.3 Å². The van der Waals surface area contributed by atoms with Crippen LogP contribution in [0.15, 0.2) is 35.5 Å². The van der Waals surface area contributed by atoms with Crippen LogP contribution in [0.3, 0.4) is 0 Å². The van der Waals surface area contributed by atoms with E-state index in [1.54, 1.807) is 0 Å². The van der Waals surface area contributed by atoms with Crippen molar-refractivity contribution in [2.45, 2.75) is 33.7 Å². The molecule has 1 aliphatic heterocycles. The number of ether oxygens (including phenoxy) is 1. The fourth-order valence-electron chi connectivity index (χ4n) is 2.83. The van der Waals surface area contributed by atoms with Gasteiger partial charge in [0.2, 0.25) is 0 Å². The molecule has 1 aliphatic rings. The van der Waals surface area contributed by atoms with Gasteiger partial charge in [0.15, 0.2) is 5.11 Å². The third-order valence-corrected chi connectivity index (χ3v) is 4.29. The van der Waals surface area contributed by atoms with E-state index in [0.29, 0.717) is 30.4 Å².